The zero-order chi connectivity index (χ0) is 13.4. The minimum atomic E-state index is -4.49. The number of sulfonamides is 1. The van der Waals surface area contributed by atoms with Gasteiger partial charge in [0.05, 0.1) is 0 Å². The molecule has 0 amide bonds. The van der Waals surface area contributed by atoms with Gasteiger partial charge in [-0.25, -0.2) is 22.3 Å². The highest BCUT2D eigenvalue weighted by molar-refractivity contribution is 14.1. The first-order valence-electron chi connectivity index (χ1n) is 3.80. The second kappa shape index (κ2) is 4.73. The van der Waals surface area contributed by atoms with Crippen LogP contribution in [0.25, 0.3) is 0 Å². The summed E-state index contributed by atoms with van der Waals surface area (Å²) in [5, 5.41) is 15.2. The summed E-state index contributed by atoms with van der Waals surface area (Å²) < 4.78 is 47.3. The van der Waals surface area contributed by atoms with Crippen molar-refractivity contribution in [2.45, 2.75) is 11.3 Å². The molecular weight excluding hydrogens is 375 g/mol. The molecule has 1 aromatic heterocycles. The first kappa shape index (κ1) is 14.1. The van der Waals surface area contributed by atoms with Crippen LogP contribution < -0.4 is 5.14 Å². The summed E-state index contributed by atoms with van der Waals surface area (Å²) in [4.78, 5) is 11.6. The van der Waals surface area contributed by atoms with Gasteiger partial charge in [0.1, 0.15) is 10.5 Å². The van der Waals surface area contributed by atoms with Gasteiger partial charge in [0, 0.05) is 28.7 Å². The molecule has 0 fully saturated rings. The predicted molar refractivity (Wildman–Crippen MR) is 59.9 cm³/mol. The Labute approximate surface area is 107 Å². The van der Waals surface area contributed by atoms with Gasteiger partial charge in [-0.15, -0.1) is 0 Å². The molecular formula is C6H4F2IN3O4S. The minimum Gasteiger partial charge on any atom is -0.358 e. The van der Waals surface area contributed by atoms with Gasteiger partial charge in [-0.3, -0.25) is 0 Å². The van der Waals surface area contributed by atoms with Crippen molar-refractivity contribution in [1.29, 1.82) is 0 Å². The first-order valence-corrected chi connectivity index (χ1v) is 6.43. The largest absolute Gasteiger partial charge is 0.374 e. The summed E-state index contributed by atoms with van der Waals surface area (Å²) in [5.74, 6) is -1.21. The van der Waals surface area contributed by atoms with E-state index in [-0.39, 0.29) is 3.70 Å². The molecule has 0 aliphatic carbocycles. The summed E-state index contributed by atoms with van der Waals surface area (Å²) in [6.07, 6.45) is -3.37. The second-order valence-electron chi connectivity index (χ2n) is 2.78. The normalized spacial score (nSPS) is 11.8. The van der Waals surface area contributed by atoms with Gasteiger partial charge in [0.15, 0.2) is 0 Å². The van der Waals surface area contributed by atoms with E-state index in [2.05, 4.69) is 4.98 Å². The van der Waals surface area contributed by atoms with E-state index in [0.717, 1.165) is 6.07 Å². The van der Waals surface area contributed by atoms with E-state index in [1.807, 2.05) is 0 Å². The topological polar surface area (TPSA) is 116 Å². The van der Waals surface area contributed by atoms with E-state index in [1.54, 1.807) is 0 Å². The lowest BCUT2D eigenvalue weighted by Gasteiger charge is -2.06. The van der Waals surface area contributed by atoms with Crippen LogP contribution >= 0.6 is 22.6 Å². The standard InChI is InChI=1S/C6H4F2IN3O4S/c7-5(8)4-2(17(10,15)16)1-3(9)11-6(4)12(13)14/h1,5H,(H2,10,15,16). The number of halogens is 3. The van der Waals surface area contributed by atoms with Crippen molar-refractivity contribution in [2.75, 3.05) is 0 Å². The fourth-order valence-corrected chi connectivity index (χ4v) is 2.58. The lowest BCUT2D eigenvalue weighted by Crippen LogP contribution is -2.17. The van der Waals surface area contributed by atoms with Crippen LogP contribution in [0.1, 0.15) is 12.0 Å². The average Bonchev–Trinajstić information content (AvgIpc) is 2.14. The van der Waals surface area contributed by atoms with Crippen molar-refractivity contribution in [3.05, 3.63) is 25.4 Å². The SMILES string of the molecule is NS(=O)(=O)c1cc(I)nc([N+](=O)[O-])c1C(F)F. The predicted octanol–water partition coefficient (Wildman–Crippen LogP) is 1.18. The van der Waals surface area contributed by atoms with Gasteiger partial charge in [-0.1, -0.05) is 0 Å². The molecule has 0 atom stereocenters. The third-order valence-corrected chi connectivity index (χ3v) is 3.17. The number of alkyl halides is 2. The van der Waals surface area contributed by atoms with Crippen LogP contribution in [0.4, 0.5) is 14.6 Å². The van der Waals surface area contributed by atoms with Crippen molar-refractivity contribution in [3.8, 4) is 0 Å². The Morgan fingerprint density at radius 1 is 1.53 bits per heavy atom. The Bertz CT molecular complexity index is 577. The molecule has 11 heteroatoms. The van der Waals surface area contributed by atoms with Crippen LogP contribution in [0.15, 0.2) is 11.0 Å². The van der Waals surface area contributed by atoms with Crippen LogP contribution in [0.5, 0.6) is 0 Å². The van der Waals surface area contributed by atoms with Crippen molar-refractivity contribution >= 4 is 38.4 Å². The molecule has 1 heterocycles. The van der Waals surface area contributed by atoms with E-state index in [4.69, 9.17) is 5.14 Å². The van der Waals surface area contributed by atoms with E-state index < -0.39 is 37.6 Å². The van der Waals surface area contributed by atoms with Gasteiger partial charge in [-0.05, 0) is 9.91 Å². The molecule has 2 N–H and O–H groups in total. The number of hydrogen-bond acceptors (Lipinski definition) is 5. The third kappa shape index (κ3) is 3.04. The number of nitrogens with two attached hydrogens (primary N) is 1. The number of primary sulfonamides is 1. The van der Waals surface area contributed by atoms with E-state index in [1.165, 1.54) is 22.6 Å². The molecule has 0 saturated carbocycles. The van der Waals surface area contributed by atoms with Crippen molar-refractivity contribution in [2.24, 2.45) is 5.14 Å². The molecule has 1 aromatic rings. The zero-order valence-corrected chi connectivity index (χ0v) is 10.8. The van der Waals surface area contributed by atoms with E-state index >= 15 is 0 Å². The average molecular weight is 379 g/mol. The maximum absolute atomic E-state index is 12.6. The molecule has 0 saturated heterocycles. The quantitative estimate of drug-likeness (QED) is 0.366. The number of pyridine rings is 1. The fraction of sp³-hybridized carbons (Fsp3) is 0.167. The van der Waals surface area contributed by atoms with Gasteiger partial charge < -0.3 is 10.1 Å². The molecule has 0 bridgehead atoms. The van der Waals surface area contributed by atoms with Crippen LogP contribution in [-0.2, 0) is 10.0 Å². The maximum atomic E-state index is 12.6. The van der Waals surface area contributed by atoms with Gasteiger partial charge in [0.25, 0.3) is 6.43 Å². The molecule has 94 valence electrons. The van der Waals surface area contributed by atoms with Crippen molar-refractivity contribution in [1.82, 2.24) is 4.98 Å². The Hall–Kier alpha value is -0.950. The van der Waals surface area contributed by atoms with Crippen LogP contribution in [0.2, 0.25) is 0 Å². The Morgan fingerprint density at radius 2 is 2.06 bits per heavy atom. The van der Waals surface area contributed by atoms with E-state index in [9.17, 15) is 27.3 Å². The summed E-state index contributed by atoms with van der Waals surface area (Å²) >= 11 is 1.46. The smallest absolute Gasteiger partial charge is 0.358 e. The monoisotopic (exact) mass is 379 g/mol. The van der Waals surface area contributed by atoms with Crippen LogP contribution in [0, 0.1) is 13.8 Å². The van der Waals surface area contributed by atoms with Gasteiger partial charge >= 0.3 is 5.82 Å². The Balaban J connectivity index is 3.77. The number of rotatable bonds is 3. The minimum absolute atomic E-state index is 0.122. The summed E-state index contributed by atoms with van der Waals surface area (Å²) in [5.41, 5.74) is -1.29. The Morgan fingerprint density at radius 3 is 2.41 bits per heavy atom. The highest BCUT2D eigenvalue weighted by atomic mass is 127. The molecule has 0 aliphatic heterocycles. The molecule has 7 nitrogen and oxygen atoms in total. The van der Waals surface area contributed by atoms with Crippen molar-refractivity contribution < 1.29 is 22.1 Å². The summed E-state index contributed by atoms with van der Waals surface area (Å²) in [6.45, 7) is 0. The zero-order valence-electron chi connectivity index (χ0n) is 7.80. The van der Waals surface area contributed by atoms with Crippen LogP contribution in [-0.4, -0.2) is 18.3 Å². The van der Waals surface area contributed by atoms with Crippen molar-refractivity contribution in [3.63, 3.8) is 0 Å². The number of hydrogen-bond donors (Lipinski definition) is 1. The molecule has 0 spiro atoms. The Kier molecular flexibility index (Phi) is 3.93. The lowest BCUT2D eigenvalue weighted by atomic mass is 10.2. The van der Waals surface area contributed by atoms with Gasteiger partial charge in [0.2, 0.25) is 13.7 Å². The number of nitro groups is 1. The van der Waals surface area contributed by atoms with Gasteiger partial charge in [-0.2, -0.15) is 0 Å². The first-order chi connectivity index (χ1) is 7.64. The molecule has 17 heavy (non-hydrogen) atoms. The molecule has 0 unspecified atom stereocenters. The molecule has 0 radical (unpaired) electrons. The number of aromatic nitrogens is 1. The fourth-order valence-electron chi connectivity index (χ4n) is 1.07. The lowest BCUT2D eigenvalue weighted by molar-refractivity contribution is -0.391. The van der Waals surface area contributed by atoms with Crippen LogP contribution in [0.3, 0.4) is 0 Å². The van der Waals surface area contributed by atoms with E-state index in [0.29, 0.717) is 0 Å². The third-order valence-electron chi connectivity index (χ3n) is 1.67. The molecule has 1 rings (SSSR count). The summed E-state index contributed by atoms with van der Waals surface area (Å²) in [7, 11) is -4.49. The number of nitrogens with zero attached hydrogens (tertiary/aromatic N) is 2. The highest BCUT2D eigenvalue weighted by Crippen LogP contribution is 2.33. The molecule has 0 aliphatic rings. The maximum Gasteiger partial charge on any atom is 0.374 e. The second-order valence-corrected chi connectivity index (χ2v) is 5.42. The molecule has 0 aromatic carbocycles. The highest BCUT2D eigenvalue weighted by Gasteiger charge is 2.32. The summed E-state index contributed by atoms with van der Waals surface area (Å²) in [6, 6.07) is 0.754.